The molecule has 94 valence electrons. The first-order valence-electron chi connectivity index (χ1n) is 5.57. The lowest BCUT2D eigenvalue weighted by atomic mass is 9.93. The summed E-state index contributed by atoms with van der Waals surface area (Å²) in [6, 6.07) is 9.64. The molecule has 0 saturated carbocycles. The number of hydrogen-bond donors (Lipinski definition) is 2. The maximum absolute atomic E-state index is 9.64. The number of benzene rings is 1. The highest BCUT2D eigenvalue weighted by Crippen LogP contribution is 2.27. The number of aliphatic hydroxyl groups is 1. The van der Waals surface area contributed by atoms with Crippen molar-refractivity contribution in [2.24, 2.45) is 0 Å². The van der Waals surface area contributed by atoms with Crippen LogP contribution in [-0.4, -0.2) is 21.7 Å². The Kier molecular flexibility index (Phi) is 3.79. The molecule has 5 heteroatoms. The Labute approximate surface area is 111 Å². The quantitative estimate of drug-likeness (QED) is 0.890. The van der Waals surface area contributed by atoms with Crippen LogP contribution in [0.3, 0.4) is 0 Å². The van der Waals surface area contributed by atoms with Crippen LogP contribution in [0.25, 0.3) is 0 Å². The van der Waals surface area contributed by atoms with E-state index < -0.39 is 5.54 Å². The van der Waals surface area contributed by atoms with Crippen LogP contribution in [0.5, 0.6) is 0 Å². The smallest absolute Gasteiger partial charge is 0.171 e. The third kappa shape index (κ3) is 2.60. The fourth-order valence-corrected chi connectivity index (χ4v) is 1.83. The highest BCUT2D eigenvalue weighted by Gasteiger charge is 2.26. The van der Waals surface area contributed by atoms with Crippen molar-refractivity contribution in [2.75, 3.05) is 11.9 Å². The molecule has 1 unspecified atom stereocenters. The predicted molar refractivity (Wildman–Crippen MR) is 71.5 cm³/mol. The van der Waals surface area contributed by atoms with Crippen LogP contribution in [-0.2, 0) is 5.54 Å². The van der Waals surface area contributed by atoms with E-state index in [0.717, 1.165) is 5.56 Å². The van der Waals surface area contributed by atoms with Gasteiger partial charge >= 0.3 is 0 Å². The molecule has 18 heavy (non-hydrogen) atoms. The normalized spacial score (nSPS) is 13.9. The topological polar surface area (TPSA) is 58.0 Å². The van der Waals surface area contributed by atoms with Crippen LogP contribution < -0.4 is 5.32 Å². The molecule has 0 aliphatic carbocycles. The summed E-state index contributed by atoms with van der Waals surface area (Å²) in [6.45, 7) is 1.80. The summed E-state index contributed by atoms with van der Waals surface area (Å²) >= 11 is 5.96. The number of aromatic nitrogens is 2. The van der Waals surface area contributed by atoms with Gasteiger partial charge in [-0.05, 0) is 12.5 Å². The van der Waals surface area contributed by atoms with Gasteiger partial charge in [0.05, 0.1) is 12.1 Å². The summed E-state index contributed by atoms with van der Waals surface area (Å²) in [5, 5.41) is 13.1. The monoisotopic (exact) mass is 263 g/mol. The van der Waals surface area contributed by atoms with Crippen molar-refractivity contribution in [3.8, 4) is 0 Å². The second-order valence-electron chi connectivity index (χ2n) is 4.18. The number of aliphatic hydroxyl groups excluding tert-OH is 1. The predicted octanol–water partition coefficient (Wildman–Crippen LogP) is 2.45. The second kappa shape index (κ2) is 5.33. The van der Waals surface area contributed by atoms with Crippen molar-refractivity contribution in [3.63, 3.8) is 0 Å². The standard InChI is InChI=1S/C13H14ClN3O/c1-13(9-18,10-5-3-2-4-6-10)17-12-11(14)15-7-8-16-12/h2-8,18H,9H2,1H3,(H,16,17). The molecule has 4 nitrogen and oxygen atoms in total. The molecule has 1 atom stereocenters. The molecule has 0 aliphatic rings. The zero-order valence-electron chi connectivity index (χ0n) is 9.97. The Morgan fingerprint density at radius 3 is 2.50 bits per heavy atom. The van der Waals surface area contributed by atoms with E-state index in [-0.39, 0.29) is 11.8 Å². The molecule has 0 amide bonds. The van der Waals surface area contributed by atoms with Crippen LogP contribution >= 0.6 is 11.6 Å². The molecule has 0 fully saturated rings. The number of rotatable bonds is 4. The number of halogens is 1. The van der Waals surface area contributed by atoms with Gasteiger partial charge in [-0.1, -0.05) is 41.9 Å². The first kappa shape index (κ1) is 12.8. The molecule has 0 radical (unpaired) electrons. The molecule has 2 N–H and O–H groups in total. The van der Waals surface area contributed by atoms with Gasteiger partial charge in [0.1, 0.15) is 0 Å². The number of anilines is 1. The van der Waals surface area contributed by atoms with E-state index in [9.17, 15) is 5.11 Å². The van der Waals surface area contributed by atoms with Crippen molar-refractivity contribution in [3.05, 3.63) is 53.4 Å². The molecular weight excluding hydrogens is 250 g/mol. The van der Waals surface area contributed by atoms with Gasteiger partial charge in [-0.25, -0.2) is 9.97 Å². The average molecular weight is 264 g/mol. The summed E-state index contributed by atoms with van der Waals surface area (Å²) in [4.78, 5) is 8.07. The van der Waals surface area contributed by atoms with Crippen LogP contribution in [0, 0.1) is 0 Å². The number of hydrogen-bond acceptors (Lipinski definition) is 4. The van der Waals surface area contributed by atoms with Gasteiger partial charge in [0.15, 0.2) is 11.0 Å². The Morgan fingerprint density at radius 2 is 1.89 bits per heavy atom. The van der Waals surface area contributed by atoms with E-state index >= 15 is 0 Å². The molecule has 0 saturated heterocycles. The average Bonchev–Trinajstić information content (AvgIpc) is 2.42. The summed E-state index contributed by atoms with van der Waals surface area (Å²) in [5.41, 5.74) is 0.301. The number of nitrogens with zero attached hydrogens (tertiary/aromatic N) is 2. The minimum Gasteiger partial charge on any atom is -0.394 e. The molecule has 0 bridgehead atoms. The van der Waals surface area contributed by atoms with E-state index in [1.807, 2.05) is 37.3 Å². The maximum Gasteiger partial charge on any atom is 0.171 e. The largest absolute Gasteiger partial charge is 0.394 e. The van der Waals surface area contributed by atoms with Crippen LogP contribution in [0.1, 0.15) is 12.5 Å². The highest BCUT2D eigenvalue weighted by molar-refractivity contribution is 6.31. The maximum atomic E-state index is 9.64. The van der Waals surface area contributed by atoms with Gasteiger partial charge in [-0.15, -0.1) is 0 Å². The van der Waals surface area contributed by atoms with Crippen LogP contribution in [0.15, 0.2) is 42.7 Å². The molecule has 1 aromatic heterocycles. The summed E-state index contributed by atoms with van der Waals surface area (Å²) in [5.74, 6) is 0.458. The molecule has 1 heterocycles. The van der Waals surface area contributed by atoms with Gasteiger partial charge in [-0.3, -0.25) is 0 Å². The third-order valence-electron chi connectivity index (χ3n) is 2.78. The summed E-state index contributed by atoms with van der Waals surface area (Å²) < 4.78 is 0. The van der Waals surface area contributed by atoms with Crippen molar-refractivity contribution in [1.82, 2.24) is 9.97 Å². The molecule has 2 rings (SSSR count). The van der Waals surface area contributed by atoms with Gasteiger partial charge in [0.25, 0.3) is 0 Å². The van der Waals surface area contributed by atoms with Gasteiger partial charge in [0, 0.05) is 12.4 Å². The molecule has 1 aromatic carbocycles. The summed E-state index contributed by atoms with van der Waals surface area (Å²) in [7, 11) is 0. The SMILES string of the molecule is CC(CO)(Nc1nccnc1Cl)c1ccccc1. The minimum absolute atomic E-state index is 0.0794. The highest BCUT2D eigenvalue weighted by atomic mass is 35.5. The molecular formula is C13H14ClN3O. The second-order valence-corrected chi connectivity index (χ2v) is 4.54. The zero-order chi connectivity index (χ0) is 13.0. The van der Waals surface area contributed by atoms with Gasteiger partial charge in [0.2, 0.25) is 0 Å². The van der Waals surface area contributed by atoms with E-state index in [4.69, 9.17) is 11.6 Å². The lowest BCUT2D eigenvalue weighted by Gasteiger charge is -2.30. The first-order chi connectivity index (χ1) is 8.65. The van der Waals surface area contributed by atoms with E-state index in [0.29, 0.717) is 5.82 Å². The Balaban J connectivity index is 2.32. The van der Waals surface area contributed by atoms with Crippen LogP contribution in [0.2, 0.25) is 5.15 Å². The van der Waals surface area contributed by atoms with Gasteiger partial charge in [-0.2, -0.15) is 0 Å². The van der Waals surface area contributed by atoms with Gasteiger partial charge < -0.3 is 10.4 Å². The van der Waals surface area contributed by atoms with E-state index in [1.54, 1.807) is 6.20 Å². The Morgan fingerprint density at radius 1 is 1.22 bits per heavy atom. The Hall–Kier alpha value is -1.65. The van der Waals surface area contributed by atoms with Crippen molar-refractivity contribution in [2.45, 2.75) is 12.5 Å². The number of nitrogens with one attached hydrogen (secondary N) is 1. The molecule has 2 aromatic rings. The summed E-state index contributed by atoms with van der Waals surface area (Å²) in [6.07, 6.45) is 3.07. The van der Waals surface area contributed by atoms with Crippen molar-refractivity contribution in [1.29, 1.82) is 0 Å². The molecule has 0 aliphatic heterocycles. The van der Waals surface area contributed by atoms with E-state index in [1.165, 1.54) is 6.20 Å². The lowest BCUT2D eigenvalue weighted by molar-refractivity contribution is 0.223. The fraction of sp³-hybridized carbons (Fsp3) is 0.231. The fourth-order valence-electron chi connectivity index (χ4n) is 1.68. The zero-order valence-corrected chi connectivity index (χ0v) is 10.7. The van der Waals surface area contributed by atoms with Crippen LogP contribution in [0.4, 0.5) is 5.82 Å². The van der Waals surface area contributed by atoms with Crippen molar-refractivity contribution >= 4 is 17.4 Å². The van der Waals surface area contributed by atoms with Crippen molar-refractivity contribution < 1.29 is 5.11 Å². The molecule has 0 spiro atoms. The lowest BCUT2D eigenvalue weighted by Crippen LogP contribution is -2.36. The Bertz CT molecular complexity index is 521. The third-order valence-corrected chi connectivity index (χ3v) is 3.05. The minimum atomic E-state index is -0.652. The van der Waals surface area contributed by atoms with E-state index in [2.05, 4.69) is 15.3 Å². The first-order valence-corrected chi connectivity index (χ1v) is 5.94.